The lowest BCUT2D eigenvalue weighted by atomic mass is 10.0. The Balaban J connectivity index is 1.97. The Morgan fingerprint density at radius 2 is 2.17 bits per heavy atom. The molecule has 3 unspecified atom stereocenters. The summed E-state index contributed by atoms with van der Waals surface area (Å²) < 4.78 is 11.0. The number of rotatable bonds is 6. The number of nitrogens with one attached hydrogen (secondary N) is 1. The summed E-state index contributed by atoms with van der Waals surface area (Å²) >= 11 is 0. The lowest BCUT2D eigenvalue weighted by molar-refractivity contribution is 0.0717. The Labute approximate surface area is 109 Å². The van der Waals surface area contributed by atoms with Crippen LogP contribution in [0, 0.1) is 0 Å². The van der Waals surface area contributed by atoms with Crippen molar-refractivity contribution in [1.82, 2.24) is 5.32 Å². The normalized spacial score (nSPS) is 22.9. The topological polar surface area (TPSA) is 30.5 Å². The Kier molecular flexibility index (Phi) is 5.17. The van der Waals surface area contributed by atoms with Crippen molar-refractivity contribution in [2.75, 3.05) is 20.3 Å². The SMILES string of the molecule is COCC(NC(C)C1CCCO1)c1ccccc1. The highest BCUT2D eigenvalue weighted by molar-refractivity contribution is 5.19. The van der Waals surface area contributed by atoms with Crippen molar-refractivity contribution in [1.29, 1.82) is 0 Å². The lowest BCUT2D eigenvalue weighted by Crippen LogP contribution is -2.40. The molecular weight excluding hydrogens is 226 g/mol. The summed E-state index contributed by atoms with van der Waals surface area (Å²) in [6, 6.07) is 11.0. The van der Waals surface area contributed by atoms with Crippen LogP contribution in [-0.2, 0) is 9.47 Å². The second kappa shape index (κ2) is 6.88. The smallest absolute Gasteiger partial charge is 0.0726 e. The molecule has 0 amide bonds. The molecule has 100 valence electrons. The van der Waals surface area contributed by atoms with Crippen molar-refractivity contribution in [2.24, 2.45) is 0 Å². The average Bonchev–Trinajstić information content (AvgIpc) is 2.93. The molecule has 0 spiro atoms. The maximum atomic E-state index is 5.73. The average molecular weight is 249 g/mol. The maximum absolute atomic E-state index is 5.73. The van der Waals surface area contributed by atoms with E-state index >= 15 is 0 Å². The first-order valence-corrected chi connectivity index (χ1v) is 6.73. The summed E-state index contributed by atoms with van der Waals surface area (Å²) in [5.74, 6) is 0. The zero-order valence-corrected chi connectivity index (χ0v) is 11.3. The van der Waals surface area contributed by atoms with Gasteiger partial charge in [0.2, 0.25) is 0 Å². The predicted octanol–water partition coefficient (Wildman–Crippen LogP) is 2.53. The van der Waals surface area contributed by atoms with Crippen molar-refractivity contribution in [3.8, 4) is 0 Å². The van der Waals surface area contributed by atoms with Crippen molar-refractivity contribution >= 4 is 0 Å². The van der Waals surface area contributed by atoms with E-state index in [1.165, 1.54) is 12.0 Å². The number of hydrogen-bond acceptors (Lipinski definition) is 3. The van der Waals surface area contributed by atoms with Crippen LogP contribution < -0.4 is 5.32 Å². The predicted molar refractivity (Wildman–Crippen MR) is 72.6 cm³/mol. The van der Waals surface area contributed by atoms with Gasteiger partial charge in [0.1, 0.15) is 0 Å². The standard InChI is InChI=1S/C15H23NO2/c1-12(15-9-6-10-18-15)16-14(11-17-2)13-7-4-3-5-8-13/h3-5,7-8,12,14-16H,6,9-11H2,1-2H3. The largest absolute Gasteiger partial charge is 0.383 e. The number of benzene rings is 1. The summed E-state index contributed by atoms with van der Waals surface area (Å²) in [6.07, 6.45) is 2.67. The summed E-state index contributed by atoms with van der Waals surface area (Å²) in [4.78, 5) is 0. The van der Waals surface area contributed by atoms with E-state index in [2.05, 4.69) is 36.5 Å². The van der Waals surface area contributed by atoms with Gasteiger partial charge in [-0.1, -0.05) is 30.3 Å². The third kappa shape index (κ3) is 3.55. The zero-order chi connectivity index (χ0) is 12.8. The van der Waals surface area contributed by atoms with E-state index in [0.29, 0.717) is 18.8 Å². The molecule has 1 fully saturated rings. The Hall–Kier alpha value is -0.900. The van der Waals surface area contributed by atoms with Crippen molar-refractivity contribution in [2.45, 2.75) is 38.0 Å². The van der Waals surface area contributed by atoms with E-state index in [1.807, 2.05) is 6.07 Å². The summed E-state index contributed by atoms with van der Waals surface area (Å²) in [7, 11) is 1.74. The molecule has 0 radical (unpaired) electrons. The minimum Gasteiger partial charge on any atom is -0.383 e. The molecular formula is C15H23NO2. The lowest BCUT2D eigenvalue weighted by Gasteiger charge is -2.26. The third-order valence-electron chi connectivity index (χ3n) is 3.52. The second-order valence-electron chi connectivity index (χ2n) is 4.93. The van der Waals surface area contributed by atoms with E-state index in [-0.39, 0.29) is 6.04 Å². The fourth-order valence-corrected chi connectivity index (χ4v) is 2.51. The summed E-state index contributed by atoms with van der Waals surface area (Å²) in [6.45, 7) is 3.78. The first-order valence-electron chi connectivity index (χ1n) is 6.73. The van der Waals surface area contributed by atoms with Crippen LogP contribution in [0.2, 0.25) is 0 Å². The van der Waals surface area contributed by atoms with E-state index in [9.17, 15) is 0 Å². The van der Waals surface area contributed by atoms with Crippen LogP contribution in [0.15, 0.2) is 30.3 Å². The molecule has 0 aromatic heterocycles. The number of hydrogen-bond donors (Lipinski definition) is 1. The van der Waals surface area contributed by atoms with Gasteiger partial charge in [-0.3, -0.25) is 0 Å². The van der Waals surface area contributed by atoms with E-state index < -0.39 is 0 Å². The first kappa shape index (κ1) is 13.5. The molecule has 0 bridgehead atoms. The Morgan fingerprint density at radius 3 is 2.78 bits per heavy atom. The van der Waals surface area contributed by atoms with Gasteiger partial charge in [0.15, 0.2) is 0 Å². The summed E-state index contributed by atoms with van der Waals surface area (Å²) in [5.41, 5.74) is 1.27. The minimum atomic E-state index is 0.232. The Morgan fingerprint density at radius 1 is 1.39 bits per heavy atom. The van der Waals surface area contributed by atoms with Gasteiger partial charge in [-0.25, -0.2) is 0 Å². The quantitative estimate of drug-likeness (QED) is 0.840. The molecule has 1 N–H and O–H groups in total. The highest BCUT2D eigenvalue weighted by Gasteiger charge is 2.24. The molecule has 1 saturated heterocycles. The molecule has 0 aliphatic carbocycles. The van der Waals surface area contributed by atoms with Crippen LogP contribution in [0.4, 0.5) is 0 Å². The molecule has 3 nitrogen and oxygen atoms in total. The van der Waals surface area contributed by atoms with Crippen LogP contribution in [0.25, 0.3) is 0 Å². The second-order valence-corrected chi connectivity index (χ2v) is 4.93. The van der Waals surface area contributed by atoms with Crippen LogP contribution in [0.1, 0.15) is 31.4 Å². The molecule has 18 heavy (non-hydrogen) atoms. The van der Waals surface area contributed by atoms with Crippen LogP contribution >= 0.6 is 0 Å². The molecule has 1 aliphatic rings. The van der Waals surface area contributed by atoms with Gasteiger partial charge < -0.3 is 14.8 Å². The fraction of sp³-hybridized carbons (Fsp3) is 0.600. The van der Waals surface area contributed by atoms with Crippen LogP contribution in [0.3, 0.4) is 0 Å². The zero-order valence-electron chi connectivity index (χ0n) is 11.3. The fourth-order valence-electron chi connectivity index (χ4n) is 2.51. The van der Waals surface area contributed by atoms with Gasteiger partial charge in [-0.2, -0.15) is 0 Å². The van der Waals surface area contributed by atoms with E-state index in [0.717, 1.165) is 13.0 Å². The van der Waals surface area contributed by atoms with Crippen molar-refractivity contribution < 1.29 is 9.47 Å². The van der Waals surface area contributed by atoms with Gasteiger partial charge in [0.05, 0.1) is 18.8 Å². The molecule has 1 heterocycles. The monoisotopic (exact) mass is 249 g/mol. The minimum absolute atomic E-state index is 0.232. The van der Waals surface area contributed by atoms with Gasteiger partial charge in [-0.15, -0.1) is 0 Å². The van der Waals surface area contributed by atoms with Crippen molar-refractivity contribution in [3.63, 3.8) is 0 Å². The maximum Gasteiger partial charge on any atom is 0.0726 e. The van der Waals surface area contributed by atoms with Gasteiger partial charge in [0, 0.05) is 19.8 Å². The third-order valence-corrected chi connectivity index (χ3v) is 3.52. The molecule has 0 saturated carbocycles. The molecule has 2 rings (SSSR count). The number of methoxy groups -OCH3 is 1. The highest BCUT2D eigenvalue weighted by atomic mass is 16.5. The number of ether oxygens (including phenoxy) is 2. The van der Waals surface area contributed by atoms with E-state index in [4.69, 9.17) is 9.47 Å². The van der Waals surface area contributed by atoms with Gasteiger partial charge >= 0.3 is 0 Å². The molecule has 3 atom stereocenters. The van der Waals surface area contributed by atoms with Crippen LogP contribution in [0.5, 0.6) is 0 Å². The van der Waals surface area contributed by atoms with Crippen molar-refractivity contribution in [3.05, 3.63) is 35.9 Å². The van der Waals surface area contributed by atoms with Gasteiger partial charge in [0.25, 0.3) is 0 Å². The van der Waals surface area contributed by atoms with Crippen LogP contribution in [-0.4, -0.2) is 32.5 Å². The van der Waals surface area contributed by atoms with Gasteiger partial charge in [-0.05, 0) is 25.3 Å². The molecule has 3 heteroatoms. The summed E-state index contributed by atoms with van der Waals surface area (Å²) in [5, 5.41) is 3.63. The first-order chi connectivity index (χ1) is 8.81. The molecule has 1 aliphatic heterocycles. The molecule has 1 aromatic rings. The highest BCUT2D eigenvalue weighted by Crippen LogP contribution is 2.19. The molecule has 1 aromatic carbocycles. The van der Waals surface area contributed by atoms with E-state index in [1.54, 1.807) is 7.11 Å². The Bertz CT molecular complexity index is 336.